The highest BCUT2D eigenvalue weighted by molar-refractivity contribution is 7.88. The van der Waals surface area contributed by atoms with E-state index in [2.05, 4.69) is 15.3 Å². The van der Waals surface area contributed by atoms with Crippen LogP contribution in [0.1, 0.15) is 29.9 Å². The van der Waals surface area contributed by atoms with Crippen LogP contribution in [0.2, 0.25) is 0 Å². The highest BCUT2D eigenvalue weighted by Gasteiger charge is 2.36. The SMILES string of the molecule is COc1cc2nc(C)nc(N[C@H](C)c3cc(N)cc(C(F)(F)F)c3F)c2cc1OC[C@H]1CN(S(C)(=O)=O)CCO1. The van der Waals surface area contributed by atoms with Crippen LogP contribution < -0.4 is 20.5 Å². The van der Waals surface area contributed by atoms with Gasteiger partial charge in [-0.2, -0.15) is 17.5 Å². The third kappa shape index (κ3) is 6.47. The molecule has 0 radical (unpaired) electrons. The first kappa shape index (κ1) is 29.6. The van der Waals surface area contributed by atoms with Gasteiger partial charge < -0.3 is 25.3 Å². The molecule has 1 saturated heterocycles. The van der Waals surface area contributed by atoms with E-state index in [4.69, 9.17) is 19.9 Å². The quantitative estimate of drug-likeness (QED) is 0.298. The number of aryl methyl sites for hydroxylation is 1. The molecule has 2 aromatic carbocycles. The van der Waals surface area contributed by atoms with Crippen LogP contribution in [0.25, 0.3) is 10.9 Å². The average molecular weight is 588 g/mol. The highest BCUT2D eigenvalue weighted by atomic mass is 32.2. The van der Waals surface area contributed by atoms with Crippen LogP contribution >= 0.6 is 0 Å². The van der Waals surface area contributed by atoms with E-state index in [0.29, 0.717) is 28.5 Å². The van der Waals surface area contributed by atoms with Crippen molar-refractivity contribution in [2.45, 2.75) is 32.2 Å². The number of benzene rings is 2. The molecule has 4 rings (SSSR count). The predicted octanol–water partition coefficient (Wildman–Crippen LogP) is 3.90. The number of alkyl halides is 3. The van der Waals surface area contributed by atoms with Crippen molar-refractivity contribution in [1.29, 1.82) is 0 Å². The van der Waals surface area contributed by atoms with Gasteiger partial charge in [-0.15, -0.1) is 0 Å². The summed E-state index contributed by atoms with van der Waals surface area (Å²) in [4.78, 5) is 8.78. The van der Waals surface area contributed by atoms with E-state index < -0.39 is 39.7 Å². The maximum Gasteiger partial charge on any atom is 0.419 e. The number of hydrogen-bond donors (Lipinski definition) is 2. The van der Waals surface area contributed by atoms with Gasteiger partial charge in [0, 0.05) is 35.8 Å². The standard InChI is InChI=1S/C25H29F4N5O5S/c1-13(17-7-15(30)8-19(23(17)26)25(27,28)29)31-24-18-9-22(21(37-3)10-20(18)32-14(2)33-24)39-12-16-11-34(5-6-38-16)40(4,35)36/h7-10,13,16H,5-6,11-12,30H2,1-4H3,(H,31,32,33)/t13-,16-/m1/s1. The zero-order valence-electron chi connectivity index (χ0n) is 22.2. The summed E-state index contributed by atoms with van der Waals surface area (Å²) in [5.41, 5.74) is 4.11. The Kier molecular flexibility index (Phi) is 8.28. The molecule has 1 aromatic heterocycles. The van der Waals surface area contributed by atoms with Crippen LogP contribution in [-0.2, 0) is 20.9 Å². The second-order valence-corrected chi connectivity index (χ2v) is 11.4. The number of sulfonamides is 1. The zero-order chi connectivity index (χ0) is 29.4. The van der Waals surface area contributed by atoms with E-state index >= 15 is 0 Å². The largest absolute Gasteiger partial charge is 0.493 e. The van der Waals surface area contributed by atoms with Crippen LogP contribution in [-0.4, -0.2) is 68.5 Å². The molecule has 10 nitrogen and oxygen atoms in total. The van der Waals surface area contributed by atoms with Gasteiger partial charge in [-0.05, 0) is 32.0 Å². The molecule has 3 N–H and O–H groups in total. The average Bonchev–Trinajstić information content (AvgIpc) is 2.87. The number of methoxy groups -OCH3 is 1. The second kappa shape index (κ2) is 11.2. The van der Waals surface area contributed by atoms with E-state index in [1.54, 1.807) is 19.1 Å². The molecule has 1 aliphatic heterocycles. The van der Waals surface area contributed by atoms with Gasteiger partial charge in [0.1, 0.15) is 30.2 Å². The van der Waals surface area contributed by atoms with Crippen molar-refractivity contribution in [3.63, 3.8) is 0 Å². The zero-order valence-corrected chi connectivity index (χ0v) is 23.0. The topological polar surface area (TPSA) is 129 Å². The number of nitrogens with zero attached hydrogens (tertiary/aromatic N) is 3. The van der Waals surface area contributed by atoms with Crippen molar-refractivity contribution in [2.75, 3.05) is 50.7 Å². The Bertz CT molecular complexity index is 1520. The van der Waals surface area contributed by atoms with Gasteiger partial charge in [0.05, 0.1) is 37.1 Å². The summed E-state index contributed by atoms with van der Waals surface area (Å²) in [5, 5.41) is 3.40. The fourth-order valence-electron chi connectivity index (χ4n) is 4.39. The summed E-state index contributed by atoms with van der Waals surface area (Å²) < 4.78 is 97.2. The van der Waals surface area contributed by atoms with E-state index in [1.165, 1.54) is 18.3 Å². The minimum Gasteiger partial charge on any atom is -0.493 e. The Morgan fingerprint density at radius 1 is 1.23 bits per heavy atom. The Labute approximate surface area is 228 Å². The number of rotatable bonds is 8. The lowest BCUT2D eigenvalue weighted by Crippen LogP contribution is -2.47. The van der Waals surface area contributed by atoms with Gasteiger partial charge in [0.2, 0.25) is 10.0 Å². The number of morpholine rings is 1. The lowest BCUT2D eigenvalue weighted by atomic mass is 10.0. The van der Waals surface area contributed by atoms with Gasteiger partial charge in [0.25, 0.3) is 0 Å². The highest BCUT2D eigenvalue weighted by Crippen LogP contribution is 2.38. The first-order valence-electron chi connectivity index (χ1n) is 12.2. The summed E-state index contributed by atoms with van der Waals surface area (Å²) >= 11 is 0. The molecule has 0 amide bonds. The number of anilines is 2. The molecule has 3 aromatic rings. The Balaban J connectivity index is 1.65. The van der Waals surface area contributed by atoms with E-state index in [9.17, 15) is 26.0 Å². The lowest BCUT2D eigenvalue weighted by molar-refractivity contribution is -0.140. The molecule has 1 fully saturated rings. The summed E-state index contributed by atoms with van der Waals surface area (Å²) in [6, 6.07) is 3.90. The van der Waals surface area contributed by atoms with Crippen molar-refractivity contribution >= 4 is 32.4 Å². The molecule has 218 valence electrons. The van der Waals surface area contributed by atoms with Crippen molar-refractivity contribution in [3.8, 4) is 11.5 Å². The third-order valence-corrected chi connectivity index (χ3v) is 7.61. The fraction of sp³-hybridized carbons (Fsp3) is 0.440. The van der Waals surface area contributed by atoms with Crippen LogP contribution in [0.3, 0.4) is 0 Å². The molecule has 0 aliphatic carbocycles. The first-order chi connectivity index (χ1) is 18.7. The van der Waals surface area contributed by atoms with Gasteiger partial charge in [0.15, 0.2) is 11.5 Å². The number of aromatic nitrogens is 2. The molecule has 0 unspecified atom stereocenters. The summed E-state index contributed by atoms with van der Waals surface area (Å²) in [6.07, 6.45) is -4.33. The van der Waals surface area contributed by atoms with Gasteiger partial charge in [-0.25, -0.2) is 22.8 Å². The number of fused-ring (bicyclic) bond motifs is 1. The molecule has 1 aliphatic rings. The summed E-state index contributed by atoms with van der Waals surface area (Å²) in [6.45, 7) is 3.70. The first-order valence-corrected chi connectivity index (χ1v) is 14.0. The minimum atomic E-state index is -4.92. The second-order valence-electron chi connectivity index (χ2n) is 9.40. The molecular formula is C25H29F4N5O5S. The molecule has 40 heavy (non-hydrogen) atoms. The predicted molar refractivity (Wildman–Crippen MR) is 140 cm³/mol. The smallest absolute Gasteiger partial charge is 0.419 e. The molecule has 2 atom stereocenters. The van der Waals surface area contributed by atoms with Gasteiger partial charge in [-0.3, -0.25) is 0 Å². The van der Waals surface area contributed by atoms with Crippen LogP contribution in [0.15, 0.2) is 24.3 Å². The van der Waals surface area contributed by atoms with Crippen LogP contribution in [0.5, 0.6) is 11.5 Å². The number of nitrogens with one attached hydrogen (secondary N) is 1. The third-order valence-electron chi connectivity index (χ3n) is 6.34. The van der Waals surface area contributed by atoms with Gasteiger partial charge >= 0.3 is 6.18 Å². The summed E-state index contributed by atoms with van der Waals surface area (Å²) in [7, 11) is -1.96. The van der Waals surface area contributed by atoms with Gasteiger partial charge in [-0.1, -0.05) is 0 Å². The number of nitrogen functional groups attached to an aromatic ring is 1. The molecule has 15 heteroatoms. The van der Waals surface area contributed by atoms with Crippen molar-refractivity contribution in [1.82, 2.24) is 14.3 Å². The normalized spacial score (nSPS) is 17.6. The minimum absolute atomic E-state index is 0.00843. The number of ether oxygens (including phenoxy) is 3. The fourth-order valence-corrected chi connectivity index (χ4v) is 5.23. The van der Waals surface area contributed by atoms with Crippen molar-refractivity contribution < 1.29 is 40.2 Å². The van der Waals surface area contributed by atoms with Crippen LogP contribution in [0.4, 0.5) is 29.1 Å². The molecule has 2 heterocycles. The van der Waals surface area contributed by atoms with Crippen molar-refractivity contribution in [3.05, 3.63) is 47.0 Å². The Morgan fingerprint density at radius 3 is 2.60 bits per heavy atom. The summed E-state index contributed by atoms with van der Waals surface area (Å²) in [5.74, 6) is -0.267. The molecule has 0 bridgehead atoms. The number of hydrogen-bond acceptors (Lipinski definition) is 9. The maximum atomic E-state index is 14.9. The van der Waals surface area contributed by atoms with E-state index in [-0.39, 0.29) is 49.1 Å². The number of halogens is 4. The van der Waals surface area contributed by atoms with E-state index in [0.717, 1.165) is 12.3 Å². The number of nitrogens with two attached hydrogens (primary N) is 1. The Morgan fingerprint density at radius 2 is 1.95 bits per heavy atom. The Hall–Kier alpha value is -3.43. The van der Waals surface area contributed by atoms with Crippen molar-refractivity contribution in [2.24, 2.45) is 0 Å². The monoisotopic (exact) mass is 587 g/mol. The van der Waals surface area contributed by atoms with Crippen LogP contribution in [0, 0.1) is 12.7 Å². The molecule has 0 saturated carbocycles. The lowest BCUT2D eigenvalue weighted by Gasteiger charge is -2.31. The van der Waals surface area contributed by atoms with E-state index in [1.807, 2.05) is 0 Å². The maximum absolute atomic E-state index is 14.9. The molecule has 0 spiro atoms. The molecular weight excluding hydrogens is 558 g/mol.